The number of likely N-dealkylation sites (tertiary alicyclic amines) is 1. The van der Waals surface area contributed by atoms with Gasteiger partial charge < -0.3 is 14.8 Å². The van der Waals surface area contributed by atoms with E-state index in [0.29, 0.717) is 30.2 Å². The largest absolute Gasteiger partial charge is 0.378 e. The van der Waals surface area contributed by atoms with Crippen molar-refractivity contribution in [3.63, 3.8) is 0 Å². The van der Waals surface area contributed by atoms with Crippen LogP contribution >= 0.6 is 11.3 Å². The number of aromatic nitrogens is 1. The molecule has 2 aromatic rings. The van der Waals surface area contributed by atoms with Gasteiger partial charge in [-0.05, 0) is 30.9 Å². The topological polar surface area (TPSA) is 63.7 Å². The van der Waals surface area contributed by atoms with Crippen LogP contribution in [-0.4, -0.2) is 60.8 Å². The van der Waals surface area contributed by atoms with E-state index in [-0.39, 0.29) is 23.4 Å². The number of benzene rings is 1. The zero-order chi connectivity index (χ0) is 20.3. The van der Waals surface area contributed by atoms with Gasteiger partial charge in [-0.1, -0.05) is 18.2 Å². The first kappa shape index (κ1) is 20.4. The van der Waals surface area contributed by atoms with Gasteiger partial charge >= 0.3 is 0 Å². The Kier molecular flexibility index (Phi) is 6.24. The number of nitrogens with one attached hydrogen (secondary N) is 1. The first-order valence-corrected chi connectivity index (χ1v) is 10.8. The molecule has 2 atom stereocenters. The Labute approximate surface area is 174 Å². The van der Waals surface area contributed by atoms with Crippen LogP contribution in [0.25, 0.3) is 0 Å². The van der Waals surface area contributed by atoms with E-state index in [4.69, 9.17) is 9.47 Å². The number of ether oxygens (including phenoxy) is 2. The summed E-state index contributed by atoms with van der Waals surface area (Å²) in [5, 5.41) is 3.42. The number of nitrogens with zero attached hydrogens (tertiary/aromatic N) is 2. The van der Waals surface area contributed by atoms with Gasteiger partial charge in [-0.3, -0.25) is 9.69 Å². The average Bonchev–Trinajstić information content (AvgIpc) is 3.34. The predicted octanol–water partition coefficient (Wildman–Crippen LogP) is 3.08. The van der Waals surface area contributed by atoms with E-state index in [9.17, 15) is 9.18 Å². The van der Waals surface area contributed by atoms with Crippen molar-refractivity contribution in [2.75, 3.05) is 38.7 Å². The standard InChI is InChI=1S/C21H26FN3O3S/c1-27-18-7-9-25(14-21(18)8-4-10-28-21)13-19(26)24-20-23-12-16(29-20)11-15-5-2-3-6-17(15)22/h2-3,5-6,12,18H,4,7-11,13-14H2,1H3,(H,23,24,26)/t18-,21+/m0/s1. The van der Waals surface area contributed by atoms with Crippen LogP contribution in [0.1, 0.15) is 29.7 Å². The Morgan fingerprint density at radius 3 is 3.10 bits per heavy atom. The second-order valence-corrected chi connectivity index (χ2v) is 8.80. The quantitative estimate of drug-likeness (QED) is 0.780. The first-order valence-electron chi connectivity index (χ1n) is 9.95. The highest BCUT2D eigenvalue weighted by atomic mass is 32.1. The molecule has 1 amide bonds. The molecule has 0 aliphatic carbocycles. The van der Waals surface area contributed by atoms with Crippen molar-refractivity contribution in [1.29, 1.82) is 0 Å². The Balaban J connectivity index is 1.32. The molecule has 3 heterocycles. The number of piperidine rings is 1. The zero-order valence-electron chi connectivity index (χ0n) is 16.5. The third kappa shape index (κ3) is 4.66. The van der Waals surface area contributed by atoms with Crippen LogP contribution in [0, 0.1) is 5.82 Å². The monoisotopic (exact) mass is 419 g/mol. The van der Waals surface area contributed by atoms with Crippen LogP contribution in [0.15, 0.2) is 30.5 Å². The molecule has 1 spiro atoms. The molecule has 2 aliphatic heterocycles. The van der Waals surface area contributed by atoms with Crippen LogP contribution < -0.4 is 5.32 Å². The molecule has 1 aromatic heterocycles. The fraction of sp³-hybridized carbons (Fsp3) is 0.524. The van der Waals surface area contributed by atoms with Gasteiger partial charge in [-0.15, -0.1) is 11.3 Å². The van der Waals surface area contributed by atoms with Crippen LogP contribution in [0.4, 0.5) is 9.52 Å². The number of carbonyl (C=O) groups is 1. The molecule has 1 aromatic carbocycles. The van der Waals surface area contributed by atoms with E-state index in [0.717, 1.165) is 37.3 Å². The molecule has 0 bridgehead atoms. The third-order valence-corrected chi connectivity index (χ3v) is 6.61. The Bertz CT molecular complexity index is 853. The Morgan fingerprint density at radius 1 is 1.48 bits per heavy atom. The van der Waals surface area contributed by atoms with Crippen molar-refractivity contribution in [2.45, 2.75) is 37.4 Å². The zero-order valence-corrected chi connectivity index (χ0v) is 17.3. The molecule has 0 unspecified atom stereocenters. The number of hydrogen-bond acceptors (Lipinski definition) is 6. The van der Waals surface area contributed by atoms with Crippen LogP contribution in [0.5, 0.6) is 0 Å². The normalized spacial score (nSPS) is 24.8. The molecule has 4 rings (SSSR count). The number of carbonyl (C=O) groups excluding carboxylic acids is 1. The highest BCUT2D eigenvalue weighted by molar-refractivity contribution is 7.15. The lowest BCUT2D eigenvalue weighted by Gasteiger charge is -2.44. The predicted molar refractivity (Wildman–Crippen MR) is 110 cm³/mol. The molecule has 2 fully saturated rings. The lowest BCUT2D eigenvalue weighted by Crippen LogP contribution is -2.58. The highest BCUT2D eigenvalue weighted by Crippen LogP contribution is 2.36. The van der Waals surface area contributed by atoms with Gasteiger partial charge in [-0.25, -0.2) is 9.37 Å². The minimum absolute atomic E-state index is 0.0872. The smallest absolute Gasteiger partial charge is 0.240 e. The van der Waals surface area contributed by atoms with E-state index >= 15 is 0 Å². The second-order valence-electron chi connectivity index (χ2n) is 7.69. The van der Waals surface area contributed by atoms with Gasteiger partial charge in [0.05, 0.1) is 12.6 Å². The van der Waals surface area contributed by atoms with Crippen LogP contribution in [0.3, 0.4) is 0 Å². The minimum Gasteiger partial charge on any atom is -0.378 e. The van der Waals surface area contributed by atoms with Crippen molar-refractivity contribution in [3.8, 4) is 0 Å². The van der Waals surface area contributed by atoms with E-state index in [1.165, 1.54) is 17.4 Å². The van der Waals surface area contributed by atoms with Crippen molar-refractivity contribution in [3.05, 3.63) is 46.7 Å². The summed E-state index contributed by atoms with van der Waals surface area (Å²) >= 11 is 1.38. The van der Waals surface area contributed by atoms with Gasteiger partial charge in [-0.2, -0.15) is 0 Å². The number of amides is 1. The lowest BCUT2D eigenvalue weighted by atomic mass is 9.87. The summed E-state index contributed by atoms with van der Waals surface area (Å²) in [4.78, 5) is 19.8. The molecule has 6 nitrogen and oxygen atoms in total. The number of rotatable bonds is 6. The van der Waals surface area contributed by atoms with Crippen LogP contribution in [0.2, 0.25) is 0 Å². The van der Waals surface area contributed by atoms with Gasteiger partial charge in [0.2, 0.25) is 5.91 Å². The fourth-order valence-electron chi connectivity index (χ4n) is 4.33. The van der Waals surface area contributed by atoms with Crippen molar-refractivity contribution >= 4 is 22.4 Å². The molecule has 29 heavy (non-hydrogen) atoms. The van der Waals surface area contributed by atoms with Gasteiger partial charge in [0, 0.05) is 44.3 Å². The molecule has 0 saturated carbocycles. The average molecular weight is 420 g/mol. The summed E-state index contributed by atoms with van der Waals surface area (Å²) in [7, 11) is 1.73. The molecular weight excluding hydrogens is 393 g/mol. The summed E-state index contributed by atoms with van der Waals surface area (Å²) < 4.78 is 25.5. The molecule has 156 valence electrons. The first-order chi connectivity index (χ1) is 14.1. The molecule has 8 heteroatoms. The Morgan fingerprint density at radius 2 is 2.34 bits per heavy atom. The fourth-order valence-corrected chi connectivity index (χ4v) is 5.18. The van der Waals surface area contributed by atoms with Crippen molar-refractivity contribution in [1.82, 2.24) is 9.88 Å². The van der Waals surface area contributed by atoms with E-state index in [1.807, 2.05) is 6.07 Å². The summed E-state index contributed by atoms with van der Waals surface area (Å²) in [5.74, 6) is -0.324. The van der Waals surface area contributed by atoms with Crippen LogP contribution in [-0.2, 0) is 20.7 Å². The molecular formula is C21H26FN3O3S. The van der Waals surface area contributed by atoms with Gasteiger partial charge in [0.15, 0.2) is 5.13 Å². The lowest BCUT2D eigenvalue weighted by molar-refractivity contribution is -0.146. The molecule has 2 saturated heterocycles. The summed E-state index contributed by atoms with van der Waals surface area (Å²) in [6, 6.07) is 6.70. The maximum Gasteiger partial charge on any atom is 0.240 e. The van der Waals surface area contributed by atoms with Crippen molar-refractivity contribution in [2.24, 2.45) is 0 Å². The summed E-state index contributed by atoms with van der Waals surface area (Å²) in [5.41, 5.74) is 0.332. The highest BCUT2D eigenvalue weighted by Gasteiger charge is 2.47. The third-order valence-electron chi connectivity index (χ3n) is 5.69. The Hall–Kier alpha value is -1.87. The summed E-state index contributed by atoms with van der Waals surface area (Å²) in [6.07, 6.45) is 5.10. The molecule has 1 N–H and O–H groups in total. The van der Waals surface area contributed by atoms with E-state index in [1.54, 1.807) is 25.4 Å². The number of anilines is 1. The van der Waals surface area contributed by atoms with E-state index < -0.39 is 0 Å². The number of halogens is 1. The maximum absolute atomic E-state index is 13.8. The van der Waals surface area contributed by atoms with Gasteiger partial charge in [0.1, 0.15) is 11.4 Å². The van der Waals surface area contributed by atoms with Crippen molar-refractivity contribution < 1.29 is 18.7 Å². The van der Waals surface area contributed by atoms with Gasteiger partial charge in [0.25, 0.3) is 0 Å². The maximum atomic E-state index is 13.8. The second kappa shape index (κ2) is 8.87. The van der Waals surface area contributed by atoms with E-state index in [2.05, 4.69) is 15.2 Å². The number of thiazole rings is 1. The minimum atomic E-state index is -0.290. The number of hydrogen-bond donors (Lipinski definition) is 1. The molecule has 0 radical (unpaired) electrons. The number of methoxy groups -OCH3 is 1. The molecule has 2 aliphatic rings. The SMILES string of the molecule is CO[C@H]1CCN(CC(=O)Nc2ncc(Cc3ccccc3F)s2)C[C@]12CCCO2. The summed E-state index contributed by atoms with van der Waals surface area (Å²) in [6.45, 7) is 2.55.